The van der Waals surface area contributed by atoms with Gasteiger partial charge in [0.15, 0.2) is 0 Å². The van der Waals surface area contributed by atoms with E-state index in [1.54, 1.807) is 12.1 Å². The molecule has 0 unspecified atom stereocenters. The van der Waals surface area contributed by atoms with Crippen LogP contribution in [0.15, 0.2) is 41.3 Å². The lowest BCUT2D eigenvalue weighted by Crippen LogP contribution is -2.15. The Morgan fingerprint density at radius 1 is 1.14 bits per heavy atom. The van der Waals surface area contributed by atoms with Crippen molar-refractivity contribution in [1.29, 1.82) is 0 Å². The Bertz CT molecular complexity index is 779. The van der Waals surface area contributed by atoms with Crippen molar-refractivity contribution < 1.29 is 21.9 Å². The van der Waals surface area contributed by atoms with Gasteiger partial charge >= 0.3 is 0 Å². The third kappa shape index (κ3) is 3.22. The van der Waals surface area contributed by atoms with Gasteiger partial charge in [-0.1, -0.05) is 6.07 Å². The molecule has 5 nitrogen and oxygen atoms in total. The van der Waals surface area contributed by atoms with E-state index >= 15 is 0 Å². The predicted octanol–water partition coefficient (Wildman–Crippen LogP) is 2.36. The lowest BCUT2D eigenvalue weighted by atomic mass is 10.3. The first kappa shape index (κ1) is 15.0. The monoisotopic (exact) mass is 314 g/mol. The highest BCUT2D eigenvalue weighted by Crippen LogP contribution is 2.24. The van der Waals surface area contributed by atoms with Gasteiger partial charge in [-0.05, 0) is 18.2 Å². The second-order valence-electron chi connectivity index (χ2n) is 4.14. The van der Waals surface area contributed by atoms with Crippen LogP contribution in [0.4, 0.5) is 20.2 Å². The first-order chi connectivity index (χ1) is 9.83. The van der Waals surface area contributed by atoms with E-state index in [0.717, 1.165) is 6.07 Å². The molecule has 0 bridgehead atoms. The molecule has 0 radical (unpaired) electrons. The van der Waals surface area contributed by atoms with E-state index < -0.39 is 32.2 Å². The van der Waals surface area contributed by atoms with Crippen molar-refractivity contribution in [3.05, 3.63) is 48.0 Å². The molecule has 0 aromatic heterocycles. The summed E-state index contributed by atoms with van der Waals surface area (Å²) in [5, 5.41) is 0. The quantitative estimate of drug-likeness (QED) is 0.849. The molecule has 0 saturated carbocycles. The van der Waals surface area contributed by atoms with Crippen LogP contribution in [0.25, 0.3) is 0 Å². The third-order valence-corrected chi connectivity index (χ3v) is 4.06. The van der Waals surface area contributed by atoms with E-state index in [0.29, 0.717) is 11.8 Å². The van der Waals surface area contributed by atoms with Gasteiger partial charge in [-0.3, -0.25) is 4.72 Å². The summed E-state index contributed by atoms with van der Waals surface area (Å²) in [6, 6.07) is 7.22. The molecule has 0 fully saturated rings. The average molecular weight is 314 g/mol. The van der Waals surface area contributed by atoms with Gasteiger partial charge in [0.25, 0.3) is 10.0 Å². The molecule has 0 aliphatic rings. The number of anilines is 2. The predicted molar refractivity (Wildman–Crippen MR) is 74.6 cm³/mol. The van der Waals surface area contributed by atoms with E-state index in [9.17, 15) is 17.2 Å². The number of hydrogen-bond acceptors (Lipinski definition) is 4. The van der Waals surface area contributed by atoms with Gasteiger partial charge in [-0.15, -0.1) is 0 Å². The van der Waals surface area contributed by atoms with Crippen LogP contribution in [0.1, 0.15) is 0 Å². The number of nitrogens with one attached hydrogen (secondary N) is 1. The second kappa shape index (κ2) is 5.57. The third-order valence-electron chi connectivity index (χ3n) is 2.66. The van der Waals surface area contributed by atoms with Gasteiger partial charge in [0.2, 0.25) is 0 Å². The molecule has 112 valence electrons. The Balaban J connectivity index is 2.40. The number of sulfonamides is 1. The summed E-state index contributed by atoms with van der Waals surface area (Å²) in [5.74, 6) is -1.82. The molecule has 0 aliphatic heterocycles. The van der Waals surface area contributed by atoms with Crippen LogP contribution in [0, 0.1) is 11.6 Å². The maximum atomic E-state index is 13.6. The Morgan fingerprint density at radius 2 is 1.86 bits per heavy atom. The zero-order valence-corrected chi connectivity index (χ0v) is 11.7. The summed E-state index contributed by atoms with van der Waals surface area (Å²) in [7, 11) is -2.81. The summed E-state index contributed by atoms with van der Waals surface area (Å²) < 4.78 is 58.1. The number of methoxy groups -OCH3 is 1. The number of ether oxygens (including phenoxy) is 1. The van der Waals surface area contributed by atoms with Crippen LogP contribution in [-0.2, 0) is 10.0 Å². The zero-order chi connectivity index (χ0) is 15.6. The molecule has 0 saturated heterocycles. The molecular weight excluding hydrogens is 302 g/mol. The molecular formula is C13H12F2N2O3S. The van der Waals surface area contributed by atoms with Gasteiger partial charge in [-0.2, -0.15) is 0 Å². The molecule has 2 aromatic carbocycles. The minimum Gasteiger partial charge on any atom is -0.497 e. The fraction of sp³-hybridized carbons (Fsp3) is 0.0769. The van der Waals surface area contributed by atoms with Crippen molar-refractivity contribution in [2.75, 3.05) is 17.6 Å². The van der Waals surface area contributed by atoms with Crippen molar-refractivity contribution >= 4 is 21.4 Å². The Labute approximate surface area is 120 Å². The van der Waals surface area contributed by atoms with Crippen molar-refractivity contribution in [2.24, 2.45) is 0 Å². The van der Waals surface area contributed by atoms with Gasteiger partial charge in [-0.25, -0.2) is 17.2 Å². The Kier molecular flexibility index (Phi) is 3.99. The summed E-state index contributed by atoms with van der Waals surface area (Å²) in [6.45, 7) is 0. The number of halogens is 2. The first-order valence-corrected chi connectivity index (χ1v) is 7.23. The molecule has 0 spiro atoms. The maximum absolute atomic E-state index is 13.6. The number of nitrogen functional groups attached to an aromatic ring is 1. The van der Waals surface area contributed by atoms with Crippen molar-refractivity contribution in [3.63, 3.8) is 0 Å². The molecule has 21 heavy (non-hydrogen) atoms. The topological polar surface area (TPSA) is 81.4 Å². The molecule has 8 heteroatoms. The number of benzene rings is 2. The first-order valence-electron chi connectivity index (χ1n) is 5.75. The normalized spacial score (nSPS) is 11.2. The van der Waals surface area contributed by atoms with Crippen LogP contribution in [0.2, 0.25) is 0 Å². The highest BCUT2D eigenvalue weighted by atomic mass is 32.2. The maximum Gasteiger partial charge on any atom is 0.264 e. The molecule has 0 heterocycles. The van der Waals surface area contributed by atoms with Crippen LogP contribution in [0.3, 0.4) is 0 Å². The van der Waals surface area contributed by atoms with Gasteiger partial charge in [0, 0.05) is 12.1 Å². The van der Waals surface area contributed by atoms with E-state index in [2.05, 4.69) is 4.72 Å². The largest absolute Gasteiger partial charge is 0.497 e. The van der Waals surface area contributed by atoms with Gasteiger partial charge in [0.1, 0.15) is 22.3 Å². The molecule has 0 amide bonds. The average Bonchev–Trinajstić information content (AvgIpc) is 2.42. The van der Waals surface area contributed by atoms with Crippen molar-refractivity contribution in [1.82, 2.24) is 0 Å². The lowest BCUT2D eigenvalue weighted by molar-refractivity contribution is 0.415. The van der Waals surface area contributed by atoms with Crippen molar-refractivity contribution in [3.8, 4) is 5.75 Å². The van der Waals surface area contributed by atoms with Crippen LogP contribution in [-0.4, -0.2) is 15.5 Å². The molecule has 3 N–H and O–H groups in total. The fourth-order valence-electron chi connectivity index (χ4n) is 1.65. The Hall–Kier alpha value is -2.35. The SMILES string of the molecule is COc1cccc(NS(=O)(=O)c2cc(N)c(F)cc2F)c1. The van der Waals surface area contributed by atoms with E-state index in [-0.39, 0.29) is 5.69 Å². The number of rotatable bonds is 4. The number of nitrogens with two attached hydrogens (primary N) is 1. The molecule has 0 atom stereocenters. The standard InChI is InChI=1S/C13H12F2N2O3S/c1-20-9-4-2-3-8(5-9)17-21(18,19)13-7-12(16)10(14)6-11(13)15/h2-7,17H,16H2,1H3. The molecule has 2 aromatic rings. The zero-order valence-electron chi connectivity index (χ0n) is 10.9. The summed E-state index contributed by atoms with van der Waals surface area (Å²) in [5.41, 5.74) is 4.99. The number of hydrogen-bond donors (Lipinski definition) is 2. The summed E-state index contributed by atoms with van der Waals surface area (Å²) in [6.07, 6.45) is 0. The van der Waals surface area contributed by atoms with Crippen LogP contribution in [0.5, 0.6) is 5.75 Å². The van der Waals surface area contributed by atoms with Gasteiger partial charge in [0.05, 0.1) is 18.5 Å². The van der Waals surface area contributed by atoms with E-state index in [1.807, 2.05) is 0 Å². The summed E-state index contributed by atoms with van der Waals surface area (Å²) in [4.78, 5) is -0.732. The fourth-order valence-corrected chi connectivity index (χ4v) is 2.79. The minimum atomic E-state index is -4.24. The van der Waals surface area contributed by atoms with Crippen molar-refractivity contribution in [2.45, 2.75) is 4.90 Å². The second-order valence-corrected chi connectivity index (χ2v) is 5.79. The van der Waals surface area contributed by atoms with Gasteiger partial charge < -0.3 is 10.5 Å². The highest BCUT2D eigenvalue weighted by molar-refractivity contribution is 7.92. The van der Waals surface area contributed by atoms with Crippen LogP contribution < -0.4 is 15.2 Å². The highest BCUT2D eigenvalue weighted by Gasteiger charge is 2.21. The van der Waals surface area contributed by atoms with Crippen LogP contribution >= 0.6 is 0 Å². The van der Waals surface area contributed by atoms with E-state index in [4.69, 9.17) is 10.5 Å². The Morgan fingerprint density at radius 3 is 2.52 bits per heavy atom. The smallest absolute Gasteiger partial charge is 0.264 e. The molecule has 0 aliphatic carbocycles. The lowest BCUT2D eigenvalue weighted by Gasteiger charge is -2.10. The van der Waals surface area contributed by atoms with E-state index in [1.165, 1.54) is 19.2 Å². The minimum absolute atomic E-state index is 0.177. The summed E-state index contributed by atoms with van der Waals surface area (Å²) >= 11 is 0. The molecule has 2 rings (SSSR count).